The summed E-state index contributed by atoms with van der Waals surface area (Å²) in [5.41, 5.74) is 5.77. The van der Waals surface area contributed by atoms with Gasteiger partial charge in [-0.05, 0) is 25.7 Å². The van der Waals surface area contributed by atoms with Crippen molar-refractivity contribution in [3.8, 4) is 0 Å². The first-order valence-corrected chi connectivity index (χ1v) is 5.16. The fourth-order valence-corrected chi connectivity index (χ4v) is 1.67. The summed E-state index contributed by atoms with van der Waals surface area (Å²) in [7, 11) is 1.39. The van der Waals surface area contributed by atoms with Gasteiger partial charge in [0, 0.05) is 6.04 Å². The van der Waals surface area contributed by atoms with Crippen molar-refractivity contribution in [3.05, 3.63) is 0 Å². The highest BCUT2D eigenvalue weighted by Crippen LogP contribution is 2.19. The normalized spacial score (nSPS) is 27.3. The molecule has 0 aromatic heterocycles. The number of ether oxygens (including phenoxy) is 2. The molecule has 1 fully saturated rings. The molecule has 0 aliphatic heterocycles. The fraction of sp³-hybridized carbons (Fsp3) is 0.900. The van der Waals surface area contributed by atoms with Crippen LogP contribution in [0.4, 0.5) is 0 Å². The van der Waals surface area contributed by atoms with Crippen LogP contribution in [0.3, 0.4) is 0 Å². The summed E-state index contributed by atoms with van der Waals surface area (Å²) in [6.45, 7) is 0.465. The van der Waals surface area contributed by atoms with Crippen molar-refractivity contribution < 1.29 is 14.3 Å². The van der Waals surface area contributed by atoms with Crippen molar-refractivity contribution >= 4 is 5.97 Å². The quantitative estimate of drug-likeness (QED) is 0.684. The Bertz CT molecular complexity index is 176. The maximum Gasteiger partial charge on any atom is 0.307 e. The van der Waals surface area contributed by atoms with Gasteiger partial charge in [0.1, 0.15) is 0 Å². The second-order valence-electron chi connectivity index (χ2n) is 3.73. The topological polar surface area (TPSA) is 61.5 Å². The SMILES string of the molecule is COC(=O)CCOC1CCC(N)CC1. The molecule has 2 N–H and O–H groups in total. The lowest BCUT2D eigenvalue weighted by molar-refractivity contribution is -0.142. The predicted molar refractivity (Wildman–Crippen MR) is 52.8 cm³/mol. The summed E-state index contributed by atoms with van der Waals surface area (Å²) in [4.78, 5) is 10.8. The summed E-state index contributed by atoms with van der Waals surface area (Å²) >= 11 is 0. The number of esters is 1. The lowest BCUT2D eigenvalue weighted by Gasteiger charge is -2.25. The molecular formula is C10H19NO3. The molecule has 0 amide bonds. The molecule has 0 unspecified atom stereocenters. The highest BCUT2D eigenvalue weighted by molar-refractivity contribution is 5.69. The fourth-order valence-electron chi connectivity index (χ4n) is 1.67. The Kier molecular flexibility index (Phi) is 4.90. The van der Waals surface area contributed by atoms with Crippen LogP contribution in [0, 0.1) is 0 Å². The van der Waals surface area contributed by atoms with Gasteiger partial charge in [-0.25, -0.2) is 0 Å². The van der Waals surface area contributed by atoms with Crippen LogP contribution in [-0.4, -0.2) is 31.8 Å². The van der Waals surface area contributed by atoms with Gasteiger partial charge in [0.2, 0.25) is 0 Å². The third kappa shape index (κ3) is 4.07. The zero-order valence-electron chi connectivity index (χ0n) is 8.70. The van der Waals surface area contributed by atoms with Gasteiger partial charge in [-0.1, -0.05) is 0 Å². The van der Waals surface area contributed by atoms with Crippen LogP contribution in [0.5, 0.6) is 0 Å². The van der Waals surface area contributed by atoms with E-state index < -0.39 is 0 Å². The minimum Gasteiger partial charge on any atom is -0.469 e. The van der Waals surface area contributed by atoms with E-state index in [1.165, 1.54) is 7.11 Å². The summed E-state index contributed by atoms with van der Waals surface area (Å²) < 4.78 is 10.1. The second-order valence-corrected chi connectivity index (χ2v) is 3.73. The molecular weight excluding hydrogens is 182 g/mol. The highest BCUT2D eigenvalue weighted by Gasteiger charge is 2.18. The van der Waals surface area contributed by atoms with Gasteiger partial charge in [0.25, 0.3) is 0 Å². The molecule has 14 heavy (non-hydrogen) atoms. The molecule has 1 rings (SSSR count). The summed E-state index contributed by atoms with van der Waals surface area (Å²) in [6.07, 6.45) is 4.73. The number of methoxy groups -OCH3 is 1. The minimum absolute atomic E-state index is 0.211. The highest BCUT2D eigenvalue weighted by atomic mass is 16.5. The predicted octanol–water partition coefficient (Wildman–Crippen LogP) is 0.836. The molecule has 0 bridgehead atoms. The van der Waals surface area contributed by atoms with Gasteiger partial charge >= 0.3 is 5.97 Å². The van der Waals surface area contributed by atoms with E-state index >= 15 is 0 Å². The largest absolute Gasteiger partial charge is 0.469 e. The van der Waals surface area contributed by atoms with Gasteiger partial charge < -0.3 is 15.2 Å². The van der Waals surface area contributed by atoms with Crippen LogP contribution in [0.25, 0.3) is 0 Å². The van der Waals surface area contributed by atoms with E-state index in [0.29, 0.717) is 25.2 Å². The van der Waals surface area contributed by atoms with E-state index in [1.807, 2.05) is 0 Å². The Hall–Kier alpha value is -0.610. The molecule has 0 saturated heterocycles. The van der Waals surface area contributed by atoms with Crippen LogP contribution < -0.4 is 5.73 Å². The number of hydrogen-bond donors (Lipinski definition) is 1. The van der Waals surface area contributed by atoms with Crippen LogP contribution in [0.2, 0.25) is 0 Å². The Morgan fingerprint density at radius 2 is 2.00 bits per heavy atom. The Balaban J connectivity index is 2.04. The molecule has 4 heteroatoms. The van der Waals surface area contributed by atoms with Crippen molar-refractivity contribution in [1.29, 1.82) is 0 Å². The Morgan fingerprint density at radius 1 is 1.36 bits per heavy atom. The van der Waals surface area contributed by atoms with Crippen LogP contribution in [0.1, 0.15) is 32.1 Å². The molecule has 0 spiro atoms. The molecule has 1 saturated carbocycles. The maximum atomic E-state index is 10.8. The van der Waals surface area contributed by atoms with Crippen molar-refractivity contribution in [2.75, 3.05) is 13.7 Å². The van der Waals surface area contributed by atoms with E-state index in [4.69, 9.17) is 10.5 Å². The van der Waals surface area contributed by atoms with Gasteiger partial charge in [0.05, 0.1) is 26.2 Å². The van der Waals surface area contributed by atoms with Crippen LogP contribution in [-0.2, 0) is 14.3 Å². The molecule has 82 valence electrons. The van der Waals surface area contributed by atoms with Gasteiger partial charge in [-0.15, -0.1) is 0 Å². The molecule has 0 atom stereocenters. The Morgan fingerprint density at radius 3 is 2.57 bits per heavy atom. The second kappa shape index (κ2) is 5.98. The van der Waals surface area contributed by atoms with E-state index in [9.17, 15) is 4.79 Å². The number of carbonyl (C=O) groups is 1. The third-order valence-corrected chi connectivity index (χ3v) is 2.61. The van der Waals surface area contributed by atoms with E-state index in [1.54, 1.807) is 0 Å². The molecule has 1 aliphatic carbocycles. The molecule has 0 heterocycles. The summed E-state index contributed by atoms with van der Waals surface area (Å²) in [5, 5.41) is 0. The first-order valence-electron chi connectivity index (χ1n) is 5.16. The zero-order chi connectivity index (χ0) is 10.4. The van der Waals surface area contributed by atoms with Gasteiger partial charge in [0.15, 0.2) is 0 Å². The number of nitrogens with two attached hydrogens (primary N) is 1. The van der Waals surface area contributed by atoms with Crippen molar-refractivity contribution in [2.45, 2.75) is 44.2 Å². The molecule has 4 nitrogen and oxygen atoms in total. The number of carbonyl (C=O) groups excluding carboxylic acids is 1. The molecule has 0 aromatic carbocycles. The van der Waals surface area contributed by atoms with E-state index in [-0.39, 0.29) is 5.97 Å². The molecule has 0 aromatic rings. The first-order chi connectivity index (χ1) is 6.72. The molecule has 0 radical (unpaired) electrons. The first kappa shape index (κ1) is 11.5. The standard InChI is InChI=1S/C10H19NO3/c1-13-10(12)6-7-14-9-4-2-8(11)3-5-9/h8-9H,2-7,11H2,1H3. The number of rotatable bonds is 4. The summed E-state index contributed by atoms with van der Waals surface area (Å²) in [6, 6.07) is 0.343. The van der Waals surface area contributed by atoms with Crippen LogP contribution >= 0.6 is 0 Å². The molecule has 1 aliphatic rings. The lowest BCUT2D eigenvalue weighted by atomic mass is 9.94. The van der Waals surface area contributed by atoms with Gasteiger partial charge in [-0.3, -0.25) is 4.79 Å². The average Bonchev–Trinajstić information content (AvgIpc) is 2.21. The number of hydrogen-bond acceptors (Lipinski definition) is 4. The maximum absolute atomic E-state index is 10.8. The van der Waals surface area contributed by atoms with E-state index in [0.717, 1.165) is 25.7 Å². The van der Waals surface area contributed by atoms with Crippen molar-refractivity contribution in [2.24, 2.45) is 5.73 Å². The van der Waals surface area contributed by atoms with Crippen molar-refractivity contribution in [1.82, 2.24) is 0 Å². The third-order valence-electron chi connectivity index (χ3n) is 2.61. The van der Waals surface area contributed by atoms with Gasteiger partial charge in [-0.2, -0.15) is 0 Å². The van der Waals surface area contributed by atoms with E-state index in [2.05, 4.69) is 4.74 Å². The zero-order valence-corrected chi connectivity index (χ0v) is 8.70. The lowest BCUT2D eigenvalue weighted by Crippen LogP contribution is -2.30. The Labute approximate surface area is 84.7 Å². The van der Waals surface area contributed by atoms with Crippen molar-refractivity contribution in [3.63, 3.8) is 0 Å². The smallest absolute Gasteiger partial charge is 0.307 e. The minimum atomic E-state index is -0.211. The monoisotopic (exact) mass is 201 g/mol. The average molecular weight is 201 g/mol. The van der Waals surface area contributed by atoms with Crippen LogP contribution in [0.15, 0.2) is 0 Å². The summed E-state index contributed by atoms with van der Waals surface area (Å²) in [5.74, 6) is -0.211.